The van der Waals surface area contributed by atoms with Crippen LogP contribution in [0.3, 0.4) is 0 Å². The van der Waals surface area contributed by atoms with Crippen LogP contribution in [0, 0.1) is 11.3 Å². The van der Waals surface area contributed by atoms with E-state index in [4.69, 9.17) is 10.5 Å². The van der Waals surface area contributed by atoms with Crippen LogP contribution < -0.4 is 5.73 Å². The van der Waals surface area contributed by atoms with E-state index in [0.29, 0.717) is 12.5 Å². The minimum Gasteiger partial charge on any atom is -0.373 e. The standard InChI is InChI=1S/C11H25NO/c1-8(2)9(3)13-10(7-12)11(4,5)6/h8-10H,7,12H2,1-6H3. The van der Waals surface area contributed by atoms with Gasteiger partial charge in [-0.2, -0.15) is 0 Å². The van der Waals surface area contributed by atoms with Gasteiger partial charge in [0, 0.05) is 6.54 Å². The van der Waals surface area contributed by atoms with Crippen LogP contribution in [0.2, 0.25) is 0 Å². The molecule has 0 aromatic heterocycles. The second-order valence-corrected chi connectivity index (χ2v) is 5.18. The summed E-state index contributed by atoms with van der Waals surface area (Å²) in [5.74, 6) is 0.552. The maximum absolute atomic E-state index is 5.90. The van der Waals surface area contributed by atoms with Crippen molar-refractivity contribution in [3.63, 3.8) is 0 Å². The Balaban J connectivity index is 4.14. The Kier molecular flexibility index (Phi) is 4.93. The molecule has 2 N–H and O–H groups in total. The van der Waals surface area contributed by atoms with Crippen molar-refractivity contribution in [2.45, 2.75) is 53.8 Å². The molecule has 2 nitrogen and oxygen atoms in total. The van der Waals surface area contributed by atoms with Crippen LogP contribution in [0.15, 0.2) is 0 Å². The zero-order chi connectivity index (χ0) is 10.6. The van der Waals surface area contributed by atoms with Gasteiger partial charge in [0.05, 0.1) is 12.2 Å². The molecular weight excluding hydrogens is 162 g/mol. The van der Waals surface area contributed by atoms with Crippen molar-refractivity contribution in [2.24, 2.45) is 17.1 Å². The Bertz CT molecular complexity index is 138. The van der Waals surface area contributed by atoms with Gasteiger partial charge in [-0.1, -0.05) is 34.6 Å². The van der Waals surface area contributed by atoms with Crippen molar-refractivity contribution in [3.05, 3.63) is 0 Å². The van der Waals surface area contributed by atoms with E-state index >= 15 is 0 Å². The van der Waals surface area contributed by atoms with Crippen LogP contribution in [0.4, 0.5) is 0 Å². The predicted molar refractivity (Wildman–Crippen MR) is 57.7 cm³/mol. The van der Waals surface area contributed by atoms with Gasteiger partial charge in [0.15, 0.2) is 0 Å². The lowest BCUT2D eigenvalue weighted by Gasteiger charge is -2.33. The lowest BCUT2D eigenvalue weighted by molar-refractivity contribution is -0.0699. The summed E-state index contributed by atoms with van der Waals surface area (Å²) in [7, 11) is 0. The Morgan fingerprint density at radius 3 is 1.85 bits per heavy atom. The summed E-state index contributed by atoms with van der Waals surface area (Å²) in [6.45, 7) is 13.5. The Labute approximate surface area is 82.8 Å². The van der Waals surface area contributed by atoms with Gasteiger partial charge in [0.2, 0.25) is 0 Å². The zero-order valence-electron chi connectivity index (χ0n) is 9.92. The molecule has 0 aliphatic carbocycles. The predicted octanol–water partition coefficient (Wildman–Crippen LogP) is 2.42. The van der Waals surface area contributed by atoms with Crippen molar-refractivity contribution in [2.75, 3.05) is 6.54 Å². The number of ether oxygens (including phenoxy) is 1. The summed E-state index contributed by atoms with van der Waals surface area (Å²) >= 11 is 0. The smallest absolute Gasteiger partial charge is 0.0749 e. The fourth-order valence-corrected chi connectivity index (χ4v) is 1.03. The number of hydrogen-bond donors (Lipinski definition) is 1. The monoisotopic (exact) mass is 187 g/mol. The van der Waals surface area contributed by atoms with Crippen LogP contribution in [0.25, 0.3) is 0 Å². The van der Waals surface area contributed by atoms with E-state index in [-0.39, 0.29) is 17.6 Å². The number of rotatable bonds is 4. The molecule has 0 bridgehead atoms. The van der Waals surface area contributed by atoms with E-state index in [1.54, 1.807) is 0 Å². The maximum atomic E-state index is 5.90. The van der Waals surface area contributed by atoms with Gasteiger partial charge in [-0.05, 0) is 18.3 Å². The SMILES string of the molecule is CC(C)C(C)OC(CN)C(C)(C)C. The van der Waals surface area contributed by atoms with Gasteiger partial charge in [0.1, 0.15) is 0 Å². The summed E-state index contributed by atoms with van der Waals surface area (Å²) in [6, 6.07) is 0. The highest BCUT2D eigenvalue weighted by Crippen LogP contribution is 2.24. The molecule has 13 heavy (non-hydrogen) atoms. The number of nitrogens with two attached hydrogens (primary N) is 1. The Hall–Kier alpha value is -0.0800. The highest BCUT2D eigenvalue weighted by molar-refractivity contribution is 4.76. The van der Waals surface area contributed by atoms with Gasteiger partial charge in [-0.15, -0.1) is 0 Å². The third kappa shape index (κ3) is 4.63. The highest BCUT2D eigenvalue weighted by atomic mass is 16.5. The molecule has 0 saturated heterocycles. The summed E-state index contributed by atoms with van der Waals surface area (Å²) in [4.78, 5) is 0. The number of hydrogen-bond acceptors (Lipinski definition) is 2. The summed E-state index contributed by atoms with van der Waals surface area (Å²) in [5, 5.41) is 0. The molecule has 0 aliphatic heterocycles. The molecule has 0 aromatic rings. The first-order chi connectivity index (χ1) is 5.79. The topological polar surface area (TPSA) is 35.2 Å². The van der Waals surface area contributed by atoms with Crippen molar-refractivity contribution < 1.29 is 4.74 Å². The highest BCUT2D eigenvalue weighted by Gasteiger charge is 2.26. The first-order valence-corrected chi connectivity index (χ1v) is 5.14. The molecule has 0 fully saturated rings. The van der Waals surface area contributed by atoms with E-state index in [1.165, 1.54) is 0 Å². The van der Waals surface area contributed by atoms with Crippen LogP contribution in [-0.2, 0) is 4.74 Å². The lowest BCUT2D eigenvalue weighted by Crippen LogP contribution is -2.39. The molecule has 80 valence electrons. The van der Waals surface area contributed by atoms with E-state index in [9.17, 15) is 0 Å². The molecule has 2 unspecified atom stereocenters. The quantitative estimate of drug-likeness (QED) is 0.733. The lowest BCUT2D eigenvalue weighted by atomic mass is 9.88. The normalized spacial score (nSPS) is 17.5. The van der Waals surface area contributed by atoms with Crippen LogP contribution in [-0.4, -0.2) is 18.8 Å². The third-order valence-electron chi connectivity index (χ3n) is 2.50. The molecule has 0 rings (SSSR count). The van der Waals surface area contributed by atoms with Crippen molar-refractivity contribution in [3.8, 4) is 0 Å². The summed E-state index contributed by atoms with van der Waals surface area (Å²) < 4.78 is 5.90. The fourth-order valence-electron chi connectivity index (χ4n) is 1.03. The van der Waals surface area contributed by atoms with Crippen molar-refractivity contribution in [1.29, 1.82) is 0 Å². The van der Waals surface area contributed by atoms with Gasteiger partial charge in [-0.3, -0.25) is 0 Å². The molecule has 0 aliphatic rings. The van der Waals surface area contributed by atoms with Gasteiger partial charge >= 0.3 is 0 Å². The van der Waals surface area contributed by atoms with Gasteiger partial charge in [-0.25, -0.2) is 0 Å². The van der Waals surface area contributed by atoms with Crippen molar-refractivity contribution in [1.82, 2.24) is 0 Å². The molecule has 2 heteroatoms. The maximum Gasteiger partial charge on any atom is 0.0749 e. The van der Waals surface area contributed by atoms with Gasteiger partial charge in [0.25, 0.3) is 0 Å². The Morgan fingerprint density at radius 1 is 1.15 bits per heavy atom. The van der Waals surface area contributed by atoms with Crippen LogP contribution in [0.5, 0.6) is 0 Å². The molecular formula is C11H25NO. The first-order valence-electron chi connectivity index (χ1n) is 5.14. The molecule has 0 saturated carbocycles. The van der Waals surface area contributed by atoms with Crippen molar-refractivity contribution >= 4 is 0 Å². The molecule has 0 radical (unpaired) electrons. The summed E-state index contributed by atoms with van der Waals surface area (Å²) in [5.41, 5.74) is 5.82. The van der Waals surface area contributed by atoms with Crippen LogP contribution >= 0.6 is 0 Å². The van der Waals surface area contributed by atoms with Crippen LogP contribution in [0.1, 0.15) is 41.5 Å². The Morgan fingerprint density at radius 2 is 1.62 bits per heavy atom. The zero-order valence-corrected chi connectivity index (χ0v) is 9.92. The fraction of sp³-hybridized carbons (Fsp3) is 1.00. The average molecular weight is 187 g/mol. The third-order valence-corrected chi connectivity index (χ3v) is 2.50. The van der Waals surface area contributed by atoms with Gasteiger partial charge < -0.3 is 10.5 Å². The minimum atomic E-state index is 0.137. The molecule has 0 spiro atoms. The van der Waals surface area contributed by atoms with E-state index in [2.05, 4.69) is 41.5 Å². The summed E-state index contributed by atoms with van der Waals surface area (Å²) in [6.07, 6.45) is 0.442. The molecule has 2 atom stereocenters. The van der Waals surface area contributed by atoms with E-state index in [0.717, 1.165) is 0 Å². The van der Waals surface area contributed by atoms with E-state index in [1.807, 2.05) is 0 Å². The average Bonchev–Trinajstić information content (AvgIpc) is 1.96. The van der Waals surface area contributed by atoms with E-state index < -0.39 is 0 Å². The second kappa shape index (κ2) is 4.97. The largest absolute Gasteiger partial charge is 0.373 e. The molecule has 0 amide bonds. The second-order valence-electron chi connectivity index (χ2n) is 5.18. The molecule has 0 heterocycles. The molecule has 0 aromatic carbocycles. The minimum absolute atomic E-state index is 0.137. The first kappa shape index (κ1) is 12.9.